The van der Waals surface area contributed by atoms with Crippen LogP contribution in [0.1, 0.15) is 31.9 Å². The van der Waals surface area contributed by atoms with Crippen molar-refractivity contribution < 1.29 is 9.47 Å². The van der Waals surface area contributed by atoms with Crippen molar-refractivity contribution in [1.82, 2.24) is 10.6 Å². The average molecular weight is 435 g/mol. The zero-order chi connectivity index (χ0) is 16.2. The van der Waals surface area contributed by atoms with Crippen molar-refractivity contribution in [2.45, 2.75) is 40.0 Å². The van der Waals surface area contributed by atoms with E-state index in [9.17, 15) is 0 Å². The van der Waals surface area contributed by atoms with Crippen LogP contribution in [0.25, 0.3) is 0 Å². The van der Waals surface area contributed by atoms with Crippen molar-refractivity contribution in [3.8, 4) is 0 Å². The zero-order valence-electron chi connectivity index (χ0n) is 14.6. The smallest absolute Gasteiger partial charge is 0.191 e. The van der Waals surface area contributed by atoms with Crippen LogP contribution in [0.15, 0.2) is 29.3 Å². The molecule has 0 aliphatic heterocycles. The molecule has 1 aromatic rings. The highest BCUT2D eigenvalue weighted by molar-refractivity contribution is 14.0. The number of nitrogens with zero attached hydrogens (tertiary/aromatic N) is 1. The number of benzene rings is 1. The van der Waals surface area contributed by atoms with E-state index in [0.29, 0.717) is 25.9 Å². The molecule has 23 heavy (non-hydrogen) atoms. The van der Waals surface area contributed by atoms with Gasteiger partial charge in [0.1, 0.15) is 0 Å². The van der Waals surface area contributed by atoms with Crippen LogP contribution in [0.3, 0.4) is 0 Å². The number of guanidine groups is 1. The van der Waals surface area contributed by atoms with Gasteiger partial charge in [0.05, 0.1) is 19.8 Å². The molecule has 0 aliphatic rings. The Labute approximate surface area is 157 Å². The quantitative estimate of drug-likeness (QED) is 0.271. The molecule has 5 nitrogen and oxygen atoms in total. The maximum atomic E-state index is 5.59. The van der Waals surface area contributed by atoms with Gasteiger partial charge in [-0.2, -0.15) is 0 Å². The van der Waals surface area contributed by atoms with Crippen LogP contribution < -0.4 is 10.6 Å². The highest BCUT2D eigenvalue weighted by Gasteiger charge is 2.01. The summed E-state index contributed by atoms with van der Waals surface area (Å²) >= 11 is 0. The van der Waals surface area contributed by atoms with Gasteiger partial charge >= 0.3 is 0 Å². The summed E-state index contributed by atoms with van der Waals surface area (Å²) in [7, 11) is 1.78. The van der Waals surface area contributed by atoms with E-state index in [1.807, 2.05) is 6.92 Å². The fraction of sp³-hybridized carbons (Fsp3) is 0.588. The third kappa shape index (κ3) is 10.5. The Morgan fingerprint density at radius 1 is 1.17 bits per heavy atom. The summed E-state index contributed by atoms with van der Waals surface area (Å²) < 4.78 is 10.8. The zero-order valence-corrected chi connectivity index (χ0v) is 16.9. The SMILES string of the molecule is CCOCCOCc1cccc(CNC(=NC)NC(C)C)c1.I. The lowest BCUT2D eigenvalue weighted by Gasteiger charge is -2.14. The van der Waals surface area contributed by atoms with Gasteiger partial charge in [-0.1, -0.05) is 24.3 Å². The molecule has 0 unspecified atom stereocenters. The largest absolute Gasteiger partial charge is 0.379 e. The van der Waals surface area contributed by atoms with Crippen LogP contribution in [0, 0.1) is 0 Å². The van der Waals surface area contributed by atoms with E-state index in [-0.39, 0.29) is 24.0 Å². The summed E-state index contributed by atoms with van der Waals surface area (Å²) in [5.74, 6) is 0.813. The first-order valence-electron chi connectivity index (χ1n) is 7.86. The average Bonchev–Trinajstić information content (AvgIpc) is 2.51. The Bertz CT molecular complexity index is 453. The molecule has 0 atom stereocenters. The fourth-order valence-electron chi connectivity index (χ4n) is 1.94. The molecule has 0 fully saturated rings. The lowest BCUT2D eigenvalue weighted by Crippen LogP contribution is -2.40. The molecular weight excluding hydrogens is 405 g/mol. The monoisotopic (exact) mass is 435 g/mol. The van der Waals surface area contributed by atoms with Crippen molar-refractivity contribution in [2.24, 2.45) is 4.99 Å². The first-order chi connectivity index (χ1) is 10.7. The Balaban J connectivity index is 0.00000484. The molecule has 1 rings (SSSR count). The second-order valence-electron chi connectivity index (χ2n) is 5.29. The standard InChI is InChI=1S/C17H29N3O2.HI/c1-5-21-9-10-22-13-16-8-6-7-15(11-16)12-19-17(18-4)20-14(2)3;/h6-8,11,14H,5,9-10,12-13H2,1-4H3,(H2,18,19,20);1H. The number of hydrogen-bond donors (Lipinski definition) is 2. The van der Waals surface area contributed by atoms with Gasteiger partial charge < -0.3 is 20.1 Å². The number of hydrogen-bond acceptors (Lipinski definition) is 3. The predicted octanol–water partition coefficient (Wildman–Crippen LogP) is 2.93. The molecule has 6 heteroatoms. The van der Waals surface area contributed by atoms with Gasteiger partial charge in [-0.3, -0.25) is 4.99 Å². The van der Waals surface area contributed by atoms with E-state index in [1.54, 1.807) is 7.05 Å². The minimum atomic E-state index is 0. The number of rotatable bonds is 9. The van der Waals surface area contributed by atoms with Crippen molar-refractivity contribution in [3.05, 3.63) is 35.4 Å². The molecule has 0 saturated heterocycles. The second kappa shape index (κ2) is 13.6. The molecule has 0 bridgehead atoms. The van der Waals surface area contributed by atoms with Gasteiger partial charge in [0, 0.05) is 26.2 Å². The van der Waals surface area contributed by atoms with Crippen LogP contribution in [-0.2, 0) is 22.6 Å². The van der Waals surface area contributed by atoms with E-state index in [4.69, 9.17) is 9.47 Å². The van der Waals surface area contributed by atoms with E-state index >= 15 is 0 Å². The van der Waals surface area contributed by atoms with Crippen molar-refractivity contribution in [1.29, 1.82) is 0 Å². The van der Waals surface area contributed by atoms with Crippen molar-refractivity contribution >= 4 is 29.9 Å². The highest BCUT2D eigenvalue weighted by Crippen LogP contribution is 2.06. The van der Waals surface area contributed by atoms with Gasteiger partial charge in [0.25, 0.3) is 0 Å². The molecule has 132 valence electrons. The first kappa shape index (κ1) is 22.1. The normalized spacial score (nSPS) is 11.3. The Kier molecular flexibility index (Phi) is 13.1. The first-order valence-corrected chi connectivity index (χ1v) is 7.86. The van der Waals surface area contributed by atoms with E-state index in [0.717, 1.165) is 19.1 Å². The van der Waals surface area contributed by atoms with Gasteiger partial charge in [-0.15, -0.1) is 24.0 Å². The maximum absolute atomic E-state index is 5.59. The second-order valence-corrected chi connectivity index (χ2v) is 5.29. The number of nitrogens with one attached hydrogen (secondary N) is 2. The molecule has 0 aliphatic carbocycles. The third-order valence-electron chi connectivity index (χ3n) is 2.95. The lowest BCUT2D eigenvalue weighted by atomic mass is 10.1. The molecule has 0 amide bonds. The van der Waals surface area contributed by atoms with Gasteiger partial charge in [0.2, 0.25) is 0 Å². The summed E-state index contributed by atoms with van der Waals surface area (Å²) in [6, 6.07) is 8.73. The summed E-state index contributed by atoms with van der Waals surface area (Å²) in [5, 5.41) is 6.57. The van der Waals surface area contributed by atoms with Crippen LogP contribution >= 0.6 is 24.0 Å². The molecule has 0 saturated carbocycles. The van der Waals surface area contributed by atoms with Gasteiger partial charge in [-0.05, 0) is 31.9 Å². The Morgan fingerprint density at radius 3 is 2.52 bits per heavy atom. The van der Waals surface area contributed by atoms with E-state index in [2.05, 4.69) is 53.7 Å². The number of aliphatic imine (C=N–C) groups is 1. The maximum Gasteiger partial charge on any atom is 0.191 e. The molecule has 2 N–H and O–H groups in total. The van der Waals surface area contributed by atoms with Gasteiger partial charge in [0.15, 0.2) is 5.96 Å². The molecule has 1 aromatic carbocycles. The molecule has 0 aromatic heterocycles. The molecule has 0 spiro atoms. The minimum Gasteiger partial charge on any atom is -0.379 e. The van der Waals surface area contributed by atoms with Crippen LogP contribution in [-0.4, -0.2) is 38.9 Å². The lowest BCUT2D eigenvalue weighted by molar-refractivity contribution is 0.0453. The predicted molar refractivity (Wildman–Crippen MR) is 106 cm³/mol. The summed E-state index contributed by atoms with van der Waals surface area (Å²) in [6.07, 6.45) is 0. The van der Waals surface area contributed by atoms with E-state index < -0.39 is 0 Å². The molecular formula is C17H30IN3O2. The Morgan fingerprint density at radius 2 is 1.87 bits per heavy atom. The summed E-state index contributed by atoms with van der Waals surface area (Å²) in [5.41, 5.74) is 2.38. The highest BCUT2D eigenvalue weighted by atomic mass is 127. The molecule has 0 radical (unpaired) electrons. The van der Waals surface area contributed by atoms with Crippen molar-refractivity contribution in [3.63, 3.8) is 0 Å². The van der Waals surface area contributed by atoms with E-state index in [1.165, 1.54) is 11.1 Å². The topological polar surface area (TPSA) is 54.9 Å². The number of halogens is 1. The fourth-order valence-corrected chi connectivity index (χ4v) is 1.94. The van der Waals surface area contributed by atoms with Crippen LogP contribution in [0.4, 0.5) is 0 Å². The van der Waals surface area contributed by atoms with Crippen LogP contribution in [0.2, 0.25) is 0 Å². The summed E-state index contributed by atoms with van der Waals surface area (Å²) in [6.45, 7) is 9.52. The third-order valence-corrected chi connectivity index (χ3v) is 2.95. The summed E-state index contributed by atoms with van der Waals surface area (Å²) in [4.78, 5) is 4.20. The van der Waals surface area contributed by atoms with Crippen LogP contribution in [0.5, 0.6) is 0 Å². The van der Waals surface area contributed by atoms with Gasteiger partial charge in [-0.25, -0.2) is 0 Å². The Hall–Kier alpha value is -0.860. The van der Waals surface area contributed by atoms with Crippen molar-refractivity contribution in [2.75, 3.05) is 26.9 Å². The number of ether oxygens (including phenoxy) is 2. The minimum absolute atomic E-state index is 0. The molecule has 0 heterocycles.